The number of quaternary nitrogens is 1. The third kappa shape index (κ3) is 88.7. The van der Waals surface area contributed by atoms with Crippen molar-refractivity contribution in [3.63, 3.8) is 0 Å². The highest BCUT2D eigenvalue weighted by Crippen LogP contribution is 2.22. The second kappa shape index (κ2) is 88.1. The van der Waals surface area contributed by atoms with Crippen molar-refractivity contribution < 1.29 is 42.9 Å². The molecule has 0 aliphatic heterocycles. The minimum absolute atomic E-state index is 0.174. The molecule has 0 rings (SSSR count). The molecule has 2 unspecified atom stereocenters. The number of likely N-dealkylation sites (N-methyl/N-ethyl adjacent to an activating group) is 1. The molecule has 0 radical (unpaired) electrons. The van der Waals surface area contributed by atoms with Crippen molar-refractivity contribution in [1.82, 2.24) is 0 Å². The van der Waals surface area contributed by atoms with Gasteiger partial charge in [-0.25, -0.2) is 4.79 Å². The Labute approximate surface area is 661 Å². The van der Waals surface area contributed by atoms with Crippen molar-refractivity contribution in [2.75, 3.05) is 47.5 Å². The number of unbranched alkanes of at least 4 members (excludes halogenated alkanes) is 70. The molecule has 0 aliphatic carbocycles. The molecule has 9 heteroatoms. The average molecular weight is 1490 g/mol. The molecule has 0 spiro atoms. The maximum absolute atomic E-state index is 13.0. The second-order valence-electron chi connectivity index (χ2n) is 34.0. The van der Waals surface area contributed by atoms with E-state index in [2.05, 4.69) is 50.3 Å². The maximum Gasteiger partial charge on any atom is 0.361 e. The van der Waals surface area contributed by atoms with Crippen LogP contribution < -0.4 is 0 Å². The summed E-state index contributed by atoms with van der Waals surface area (Å²) in [5.74, 6) is -1.96. The zero-order chi connectivity index (χ0) is 76.7. The predicted octanol–water partition coefficient (Wildman–Crippen LogP) is 31.3. The molecule has 0 bridgehead atoms. The Bertz CT molecular complexity index is 1840. The summed E-state index contributed by atoms with van der Waals surface area (Å²) in [6, 6.07) is 0. The van der Waals surface area contributed by atoms with Crippen LogP contribution in [-0.4, -0.2) is 87.4 Å². The van der Waals surface area contributed by atoms with E-state index in [1.807, 2.05) is 21.1 Å². The highest BCUT2D eigenvalue weighted by Gasteiger charge is 2.25. The van der Waals surface area contributed by atoms with Crippen LogP contribution in [0.3, 0.4) is 0 Å². The fourth-order valence-electron chi connectivity index (χ4n) is 14.9. The molecule has 0 aromatic carbocycles. The molecule has 0 aliphatic rings. The third-order valence-electron chi connectivity index (χ3n) is 22.1. The number of ether oxygens (including phenoxy) is 4. The molecule has 0 aromatic rings. The van der Waals surface area contributed by atoms with Gasteiger partial charge < -0.3 is 28.5 Å². The molecule has 626 valence electrons. The SMILES string of the molecule is CCCCCCC/C=C\C/C=C\C/C=C\CCCCCCCCCCCCCCCCCCCCCCCCCCCCC(=O)OC(COC(=O)CCCCCCCCCCCCCCCCCCCCCCCCCCCCCCCCCCCCCCCCCC)COC(OCC[N+](C)(C)C)C(=O)O. The maximum atomic E-state index is 13.0. The van der Waals surface area contributed by atoms with Gasteiger partial charge in [-0.1, -0.05) is 480 Å². The quantitative estimate of drug-likeness (QED) is 0.0211. The molecule has 0 heterocycles. The van der Waals surface area contributed by atoms with Gasteiger partial charge in [-0.15, -0.1) is 0 Å². The van der Waals surface area contributed by atoms with Gasteiger partial charge in [0.15, 0.2) is 6.10 Å². The lowest BCUT2D eigenvalue weighted by Gasteiger charge is -2.25. The average Bonchev–Trinajstić information content (AvgIpc) is 0.935. The molecule has 106 heavy (non-hydrogen) atoms. The number of esters is 2. The first-order valence-corrected chi connectivity index (χ1v) is 47.7. The topological polar surface area (TPSA) is 108 Å². The third-order valence-corrected chi connectivity index (χ3v) is 22.1. The van der Waals surface area contributed by atoms with Crippen LogP contribution in [0.1, 0.15) is 508 Å². The number of rotatable bonds is 91. The molecule has 0 saturated carbocycles. The van der Waals surface area contributed by atoms with Gasteiger partial charge in [0.05, 0.1) is 34.4 Å². The van der Waals surface area contributed by atoms with Gasteiger partial charge in [0.1, 0.15) is 13.2 Å². The summed E-state index contributed by atoms with van der Waals surface area (Å²) in [4.78, 5) is 37.9. The number of carboxylic acids is 1. The molecular weight excluding hydrogens is 1310 g/mol. The molecular formula is C97H186NO8+. The van der Waals surface area contributed by atoms with E-state index < -0.39 is 18.4 Å². The lowest BCUT2D eigenvalue weighted by atomic mass is 10.0. The molecule has 0 aromatic heterocycles. The van der Waals surface area contributed by atoms with Crippen molar-refractivity contribution in [3.8, 4) is 0 Å². The van der Waals surface area contributed by atoms with Gasteiger partial charge in [0.2, 0.25) is 0 Å². The summed E-state index contributed by atoms with van der Waals surface area (Å²) in [5.41, 5.74) is 0. The van der Waals surface area contributed by atoms with Crippen LogP contribution in [0.25, 0.3) is 0 Å². The van der Waals surface area contributed by atoms with Gasteiger partial charge in [0.25, 0.3) is 6.29 Å². The second-order valence-corrected chi connectivity index (χ2v) is 34.0. The van der Waals surface area contributed by atoms with E-state index in [1.54, 1.807) is 0 Å². The minimum Gasteiger partial charge on any atom is -0.477 e. The zero-order valence-electron chi connectivity index (χ0n) is 72.1. The fourth-order valence-corrected chi connectivity index (χ4v) is 14.9. The first-order valence-electron chi connectivity index (χ1n) is 47.7. The van der Waals surface area contributed by atoms with Gasteiger partial charge in [-0.2, -0.15) is 0 Å². The number of aliphatic carboxylic acids is 1. The lowest BCUT2D eigenvalue weighted by molar-refractivity contribution is -0.870. The summed E-state index contributed by atoms with van der Waals surface area (Å²) >= 11 is 0. The first-order chi connectivity index (χ1) is 52.1. The molecule has 9 nitrogen and oxygen atoms in total. The highest BCUT2D eigenvalue weighted by atomic mass is 16.7. The van der Waals surface area contributed by atoms with Crippen molar-refractivity contribution in [2.45, 2.75) is 521 Å². The number of hydrogen-bond donors (Lipinski definition) is 1. The van der Waals surface area contributed by atoms with Crippen LogP contribution >= 0.6 is 0 Å². The molecule has 1 N–H and O–H groups in total. The van der Waals surface area contributed by atoms with Gasteiger partial charge in [-0.05, 0) is 51.4 Å². The molecule has 0 saturated heterocycles. The van der Waals surface area contributed by atoms with Crippen LogP contribution in [0, 0.1) is 0 Å². The van der Waals surface area contributed by atoms with Gasteiger partial charge in [-0.3, -0.25) is 9.59 Å². The Balaban J connectivity index is 3.85. The molecule has 0 fully saturated rings. The Morgan fingerprint density at radius 3 is 0.755 bits per heavy atom. The van der Waals surface area contributed by atoms with E-state index in [0.717, 1.165) is 51.4 Å². The summed E-state index contributed by atoms with van der Waals surface area (Å²) in [6.45, 7) is 4.97. The number of allylic oxidation sites excluding steroid dienone is 6. The van der Waals surface area contributed by atoms with Crippen LogP contribution in [0.4, 0.5) is 0 Å². The largest absolute Gasteiger partial charge is 0.477 e. The van der Waals surface area contributed by atoms with E-state index in [0.29, 0.717) is 17.4 Å². The van der Waals surface area contributed by atoms with Crippen LogP contribution in [0.5, 0.6) is 0 Å². The first kappa shape index (κ1) is 104. The van der Waals surface area contributed by atoms with E-state index in [1.165, 1.54) is 430 Å². The Morgan fingerprint density at radius 2 is 0.509 bits per heavy atom. The predicted molar refractivity (Wildman–Crippen MR) is 461 cm³/mol. The fraction of sp³-hybridized carbons (Fsp3) is 0.907. The van der Waals surface area contributed by atoms with Crippen LogP contribution in [0.15, 0.2) is 36.5 Å². The highest BCUT2D eigenvalue weighted by molar-refractivity contribution is 5.71. The summed E-state index contributed by atoms with van der Waals surface area (Å²) in [6.07, 6.45) is 114. The summed E-state index contributed by atoms with van der Waals surface area (Å²) < 4.78 is 23.1. The lowest BCUT2D eigenvalue weighted by Crippen LogP contribution is -2.40. The number of hydrogen-bond acceptors (Lipinski definition) is 7. The van der Waals surface area contributed by atoms with Crippen molar-refractivity contribution in [2.24, 2.45) is 0 Å². The van der Waals surface area contributed by atoms with Crippen LogP contribution in [0.2, 0.25) is 0 Å². The van der Waals surface area contributed by atoms with Gasteiger partial charge >= 0.3 is 17.9 Å². The van der Waals surface area contributed by atoms with Crippen LogP contribution in [-0.2, 0) is 33.3 Å². The van der Waals surface area contributed by atoms with Crippen molar-refractivity contribution in [1.29, 1.82) is 0 Å². The number of nitrogens with zero attached hydrogens (tertiary/aromatic N) is 1. The summed E-state index contributed by atoms with van der Waals surface area (Å²) in [5, 5.41) is 9.80. The van der Waals surface area contributed by atoms with Gasteiger partial charge in [0, 0.05) is 12.8 Å². The number of carbonyl (C=O) groups excluding carboxylic acids is 2. The Morgan fingerprint density at radius 1 is 0.283 bits per heavy atom. The van der Waals surface area contributed by atoms with E-state index in [-0.39, 0.29) is 38.2 Å². The van der Waals surface area contributed by atoms with E-state index in [9.17, 15) is 19.5 Å². The Kier molecular flexibility index (Phi) is 86.0. The Hall–Kier alpha value is -2.49. The monoisotopic (exact) mass is 1490 g/mol. The van der Waals surface area contributed by atoms with Crippen molar-refractivity contribution in [3.05, 3.63) is 36.5 Å². The normalized spacial score (nSPS) is 12.7. The van der Waals surface area contributed by atoms with Crippen molar-refractivity contribution >= 4 is 17.9 Å². The van der Waals surface area contributed by atoms with E-state index in [4.69, 9.17) is 18.9 Å². The molecule has 2 atom stereocenters. The smallest absolute Gasteiger partial charge is 0.361 e. The standard InChI is InChI=1S/C97H185NO8/c1-6-8-10-12-14-16-18-20-22-24-26-28-30-32-34-36-38-40-42-44-46-48-50-52-54-56-58-60-62-64-66-68-70-72-74-76-78-80-82-84-86-88-95(100)106-93(92-105-97(96(101)102)103-90-89-98(3,4)5)91-104-94(99)87-85-83-81-79-77-75-73-71-69-67-65-63-61-59-57-55-53-51-49-47-45-43-41-39-37-35-33-31-29-27-25-23-21-19-17-15-13-11-9-7-2/h18,20,24,26,30,32,93,97H,6-17,19,21-23,25,27-29,31,33-92H2,1-5H3/p+1/b20-18-,26-24-,32-30-. The molecule has 0 amide bonds. The van der Waals surface area contributed by atoms with E-state index >= 15 is 0 Å². The zero-order valence-corrected chi connectivity index (χ0v) is 72.1. The number of carboxylic acid groups (broad SMARTS) is 1. The minimum atomic E-state index is -1.51. The summed E-state index contributed by atoms with van der Waals surface area (Å²) in [7, 11) is 6.01. The number of carbonyl (C=O) groups is 3.